The Morgan fingerprint density at radius 1 is 1.43 bits per heavy atom. The summed E-state index contributed by atoms with van der Waals surface area (Å²) in [4.78, 5) is 29.8. The van der Waals surface area contributed by atoms with E-state index in [2.05, 4.69) is 10.3 Å². The Morgan fingerprint density at radius 3 is 2.90 bits per heavy atom. The van der Waals surface area contributed by atoms with Gasteiger partial charge in [-0.15, -0.1) is 0 Å². The van der Waals surface area contributed by atoms with Crippen LogP contribution in [0.15, 0.2) is 41.1 Å². The summed E-state index contributed by atoms with van der Waals surface area (Å²) >= 11 is 0. The van der Waals surface area contributed by atoms with Crippen LogP contribution in [0.3, 0.4) is 0 Å². The van der Waals surface area contributed by atoms with Gasteiger partial charge in [-0.25, -0.2) is 4.79 Å². The molecule has 0 saturated carbocycles. The highest BCUT2D eigenvalue weighted by Gasteiger charge is 2.50. The van der Waals surface area contributed by atoms with Gasteiger partial charge in [0.2, 0.25) is 0 Å². The number of nitrogens with zero attached hydrogens (tertiary/aromatic N) is 2. The maximum Gasteiger partial charge on any atom is 0.325 e. The third-order valence-corrected chi connectivity index (χ3v) is 3.45. The third kappa shape index (κ3) is 2.12. The Morgan fingerprint density at radius 2 is 2.24 bits per heavy atom. The molecule has 3 rings (SSSR count). The Labute approximate surface area is 120 Å². The predicted molar refractivity (Wildman–Crippen MR) is 73.8 cm³/mol. The molecule has 2 aromatic heterocycles. The Balaban J connectivity index is 1.88. The number of imide groups is 1. The number of pyridine rings is 1. The van der Waals surface area contributed by atoms with Gasteiger partial charge in [-0.1, -0.05) is 0 Å². The molecule has 0 radical (unpaired) electrons. The number of nitrogen functional groups attached to an aromatic ring is 1. The summed E-state index contributed by atoms with van der Waals surface area (Å²) in [5, 5.41) is 2.65. The molecule has 3 heterocycles. The molecule has 0 aromatic carbocycles. The summed E-state index contributed by atoms with van der Waals surface area (Å²) in [5.74, 6) is 0.00978. The lowest BCUT2D eigenvalue weighted by molar-refractivity contribution is -0.132. The van der Waals surface area contributed by atoms with Crippen LogP contribution in [0.5, 0.6) is 0 Å². The maximum atomic E-state index is 12.5. The van der Waals surface area contributed by atoms with E-state index in [4.69, 9.17) is 10.2 Å². The van der Waals surface area contributed by atoms with E-state index < -0.39 is 11.6 Å². The first-order chi connectivity index (χ1) is 10.0. The monoisotopic (exact) mass is 286 g/mol. The molecule has 2 aromatic rings. The average molecular weight is 286 g/mol. The van der Waals surface area contributed by atoms with Crippen LogP contribution in [0.1, 0.15) is 18.4 Å². The SMILES string of the molecule is CC1(c2ccco2)NC(=O)N(Cc2cc(N)ccn2)C1=O. The minimum atomic E-state index is -1.19. The molecule has 1 fully saturated rings. The van der Waals surface area contributed by atoms with E-state index in [1.807, 2.05) is 0 Å². The number of nitrogens with one attached hydrogen (secondary N) is 1. The van der Waals surface area contributed by atoms with E-state index in [1.54, 1.807) is 31.2 Å². The molecule has 7 heteroatoms. The summed E-state index contributed by atoms with van der Waals surface area (Å²) in [6.45, 7) is 1.67. The van der Waals surface area contributed by atoms with Crippen LogP contribution in [0, 0.1) is 0 Å². The predicted octanol–water partition coefficient (Wildman–Crippen LogP) is 1.22. The van der Waals surface area contributed by atoms with Crippen LogP contribution in [-0.2, 0) is 16.9 Å². The summed E-state index contributed by atoms with van der Waals surface area (Å²) in [5.41, 5.74) is 5.55. The molecule has 0 bridgehead atoms. The van der Waals surface area contributed by atoms with Crippen molar-refractivity contribution in [2.75, 3.05) is 5.73 Å². The van der Waals surface area contributed by atoms with E-state index in [9.17, 15) is 9.59 Å². The molecule has 1 unspecified atom stereocenters. The smallest absolute Gasteiger partial charge is 0.325 e. The van der Waals surface area contributed by atoms with E-state index in [-0.39, 0.29) is 12.5 Å². The fourth-order valence-electron chi connectivity index (χ4n) is 2.32. The number of urea groups is 1. The number of anilines is 1. The first-order valence-electron chi connectivity index (χ1n) is 6.39. The number of carbonyl (C=O) groups excluding carboxylic acids is 2. The van der Waals surface area contributed by atoms with E-state index >= 15 is 0 Å². The van der Waals surface area contributed by atoms with Crippen molar-refractivity contribution < 1.29 is 14.0 Å². The zero-order chi connectivity index (χ0) is 15.0. The number of furan rings is 1. The van der Waals surface area contributed by atoms with Crippen LogP contribution in [0.25, 0.3) is 0 Å². The van der Waals surface area contributed by atoms with Gasteiger partial charge in [0.15, 0.2) is 5.54 Å². The maximum absolute atomic E-state index is 12.5. The second-order valence-corrected chi connectivity index (χ2v) is 5.00. The molecule has 0 aliphatic carbocycles. The summed E-state index contributed by atoms with van der Waals surface area (Å²) in [6.07, 6.45) is 3.00. The third-order valence-electron chi connectivity index (χ3n) is 3.45. The highest BCUT2D eigenvalue weighted by molar-refractivity contribution is 6.06. The normalized spacial score (nSPS) is 21.7. The first-order valence-corrected chi connectivity index (χ1v) is 6.39. The molecular formula is C14H14N4O3. The highest BCUT2D eigenvalue weighted by Crippen LogP contribution is 2.29. The molecule has 1 aliphatic heterocycles. The number of carbonyl (C=O) groups is 2. The van der Waals surface area contributed by atoms with Crippen molar-refractivity contribution in [2.45, 2.75) is 19.0 Å². The van der Waals surface area contributed by atoms with Gasteiger partial charge >= 0.3 is 6.03 Å². The van der Waals surface area contributed by atoms with E-state index in [1.165, 1.54) is 12.5 Å². The highest BCUT2D eigenvalue weighted by atomic mass is 16.3. The number of hydrogen-bond donors (Lipinski definition) is 2. The fourth-order valence-corrected chi connectivity index (χ4v) is 2.32. The lowest BCUT2D eigenvalue weighted by atomic mass is 9.99. The van der Waals surface area contributed by atoms with Gasteiger partial charge in [-0.05, 0) is 31.2 Å². The molecular weight excluding hydrogens is 272 g/mol. The quantitative estimate of drug-likeness (QED) is 0.826. The summed E-state index contributed by atoms with van der Waals surface area (Å²) < 4.78 is 5.26. The van der Waals surface area contributed by atoms with Crippen molar-refractivity contribution in [2.24, 2.45) is 0 Å². The van der Waals surface area contributed by atoms with Gasteiger partial charge in [-0.3, -0.25) is 14.7 Å². The number of aromatic nitrogens is 1. The first kappa shape index (κ1) is 13.2. The molecule has 1 saturated heterocycles. The number of nitrogens with two attached hydrogens (primary N) is 1. The van der Waals surface area contributed by atoms with Crippen molar-refractivity contribution in [1.29, 1.82) is 0 Å². The standard InChI is InChI=1S/C14H14N4O3/c1-14(11-3-2-6-21-11)12(19)18(13(20)17-14)8-10-7-9(15)4-5-16-10/h2-7H,8H2,1H3,(H2,15,16)(H,17,20). The van der Waals surface area contributed by atoms with Crippen LogP contribution in [-0.4, -0.2) is 21.8 Å². The molecule has 1 atom stereocenters. The second-order valence-electron chi connectivity index (χ2n) is 5.00. The average Bonchev–Trinajstić information content (AvgIpc) is 3.04. The number of amides is 3. The van der Waals surface area contributed by atoms with Crippen molar-refractivity contribution in [3.05, 3.63) is 48.2 Å². The Hall–Kier alpha value is -2.83. The zero-order valence-electron chi connectivity index (χ0n) is 11.4. The molecule has 3 amide bonds. The summed E-state index contributed by atoms with van der Waals surface area (Å²) in [6, 6.07) is 6.11. The second kappa shape index (κ2) is 4.62. The summed E-state index contributed by atoms with van der Waals surface area (Å²) in [7, 11) is 0. The molecule has 21 heavy (non-hydrogen) atoms. The van der Waals surface area contributed by atoms with E-state index in [0.29, 0.717) is 17.1 Å². The minimum Gasteiger partial charge on any atom is -0.466 e. The fraction of sp³-hybridized carbons (Fsp3) is 0.214. The topological polar surface area (TPSA) is 101 Å². The van der Waals surface area contributed by atoms with Crippen LogP contribution >= 0.6 is 0 Å². The lowest BCUT2D eigenvalue weighted by Gasteiger charge is -2.18. The van der Waals surface area contributed by atoms with Gasteiger partial charge in [0.05, 0.1) is 18.5 Å². The zero-order valence-corrected chi connectivity index (χ0v) is 11.4. The van der Waals surface area contributed by atoms with Gasteiger partial charge in [0, 0.05) is 11.9 Å². The van der Waals surface area contributed by atoms with Gasteiger partial charge < -0.3 is 15.5 Å². The van der Waals surface area contributed by atoms with Crippen LogP contribution in [0.2, 0.25) is 0 Å². The molecule has 7 nitrogen and oxygen atoms in total. The Kier molecular flexibility index (Phi) is 2.90. The molecule has 3 N–H and O–H groups in total. The van der Waals surface area contributed by atoms with Gasteiger partial charge in [-0.2, -0.15) is 0 Å². The number of rotatable bonds is 3. The molecule has 108 valence electrons. The van der Waals surface area contributed by atoms with Crippen molar-refractivity contribution in [3.8, 4) is 0 Å². The van der Waals surface area contributed by atoms with Crippen LogP contribution in [0.4, 0.5) is 10.5 Å². The lowest BCUT2D eigenvalue weighted by Crippen LogP contribution is -2.40. The largest absolute Gasteiger partial charge is 0.466 e. The van der Waals surface area contributed by atoms with Crippen molar-refractivity contribution in [3.63, 3.8) is 0 Å². The molecule has 1 aliphatic rings. The number of hydrogen-bond acceptors (Lipinski definition) is 5. The van der Waals surface area contributed by atoms with Crippen molar-refractivity contribution >= 4 is 17.6 Å². The van der Waals surface area contributed by atoms with Gasteiger partial charge in [0.1, 0.15) is 5.76 Å². The van der Waals surface area contributed by atoms with Gasteiger partial charge in [0.25, 0.3) is 5.91 Å². The Bertz CT molecular complexity index is 698. The van der Waals surface area contributed by atoms with Crippen LogP contribution < -0.4 is 11.1 Å². The molecule has 0 spiro atoms. The van der Waals surface area contributed by atoms with Crippen molar-refractivity contribution in [1.82, 2.24) is 15.2 Å². The minimum absolute atomic E-state index is 0.0615. The van der Waals surface area contributed by atoms with E-state index in [0.717, 1.165) is 4.90 Å².